The predicted octanol–water partition coefficient (Wildman–Crippen LogP) is 2.27. The molecule has 0 bridgehead atoms. The summed E-state index contributed by atoms with van der Waals surface area (Å²) in [6.45, 7) is 1.38. The van der Waals surface area contributed by atoms with Crippen molar-refractivity contribution >= 4 is 23.7 Å². The van der Waals surface area contributed by atoms with E-state index in [0.717, 1.165) is 0 Å². The standard InChI is InChI=1S/C14H13F2N3O3.2C2HF3O2/c15-14(16)21-9-3-1-2-8(10(9)22-14)11-18-12(20)13(19-11)4-6-17-7-5-13;2*3-2(4,5)1(6)7/h1-3,17H,4-7H2,(H,18,19,20);2*(H,6,7). The number of aliphatic imine (C=N–C) groups is 1. The molecule has 200 valence electrons. The maximum atomic E-state index is 13.2. The Morgan fingerprint density at radius 2 is 1.44 bits per heavy atom. The number of carboxylic acid groups (broad SMARTS) is 2. The molecular formula is C18H15F8N3O7. The number of benzene rings is 1. The van der Waals surface area contributed by atoms with Crippen LogP contribution in [0.15, 0.2) is 23.2 Å². The lowest BCUT2D eigenvalue weighted by atomic mass is 9.89. The molecule has 1 aromatic rings. The second kappa shape index (κ2) is 10.1. The third kappa shape index (κ3) is 6.92. The van der Waals surface area contributed by atoms with Gasteiger partial charge in [-0.05, 0) is 38.1 Å². The summed E-state index contributed by atoms with van der Waals surface area (Å²) in [5, 5.41) is 20.1. The van der Waals surface area contributed by atoms with Gasteiger partial charge in [-0.1, -0.05) is 6.07 Å². The minimum Gasteiger partial charge on any atom is -0.475 e. The van der Waals surface area contributed by atoms with E-state index in [4.69, 9.17) is 19.8 Å². The molecule has 0 unspecified atom stereocenters. The van der Waals surface area contributed by atoms with Gasteiger partial charge in [-0.3, -0.25) is 9.79 Å². The number of alkyl halides is 8. The molecule has 4 N–H and O–H groups in total. The molecule has 1 amide bonds. The lowest BCUT2D eigenvalue weighted by molar-refractivity contribution is -0.286. The van der Waals surface area contributed by atoms with E-state index in [0.29, 0.717) is 31.5 Å². The lowest BCUT2D eigenvalue weighted by Gasteiger charge is -2.28. The number of carbonyl (C=O) groups excluding carboxylic acids is 1. The minimum absolute atomic E-state index is 0.0642. The van der Waals surface area contributed by atoms with Crippen molar-refractivity contribution in [3.8, 4) is 11.5 Å². The molecule has 1 fully saturated rings. The van der Waals surface area contributed by atoms with Gasteiger partial charge in [-0.2, -0.15) is 26.3 Å². The van der Waals surface area contributed by atoms with Gasteiger partial charge in [-0.25, -0.2) is 9.59 Å². The molecule has 4 rings (SSSR count). The van der Waals surface area contributed by atoms with Crippen molar-refractivity contribution in [2.24, 2.45) is 4.99 Å². The van der Waals surface area contributed by atoms with Crippen LogP contribution in [0.2, 0.25) is 0 Å². The molecule has 36 heavy (non-hydrogen) atoms. The van der Waals surface area contributed by atoms with Gasteiger partial charge < -0.3 is 30.3 Å². The zero-order chi connectivity index (χ0) is 27.5. The maximum Gasteiger partial charge on any atom is 0.586 e. The van der Waals surface area contributed by atoms with Crippen molar-refractivity contribution in [1.82, 2.24) is 10.6 Å². The molecular weight excluding hydrogens is 522 g/mol. The molecule has 10 nitrogen and oxygen atoms in total. The zero-order valence-electron chi connectivity index (χ0n) is 17.5. The number of fused-ring (bicyclic) bond motifs is 1. The summed E-state index contributed by atoms with van der Waals surface area (Å²) in [7, 11) is 0. The number of halogens is 8. The highest BCUT2D eigenvalue weighted by atomic mass is 19.4. The van der Waals surface area contributed by atoms with Gasteiger partial charge in [0.15, 0.2) is 11.5 Å². The van der Waals surface area contributed by atoms with Crippen LogP contribution < -0.4 is 20.1 Å². The summed E-state index contributed by atoms with van der Waals surface area (Å²) < 4.78 is 98.9. The van der Waals surface area contributed by atoms with Crippen LogP contribution in [0.1, 0.15) is 18.4 Å². The highest BCUT2D eigenvalue weighted by Gasteiger charge is 2.48. The van der Waals surface area contributed by atoms with Crippen molar-refractivity contribution in [2.45, 2.75) is 37.0 Å². The Morgan fingerprint density at radius 1 is 0.944 bits per heavy atom. The Kier molecular flexibility index (Phi) is 8.02. The van der Waals surface area contributed by atoms with Crippen LogP contribution in [-0.2, 0) is 14.4 Å². The van der Waals surface area contributed by atoms with E-state index < -0.39 is 36.1 Å². The van der Waals surface area contributed by atoms with Gasteiger partial charge in [0.1, 0.15) is 11.4 Å². The first kappa shape index (κ1) is 28.5. The smallest absolute Gasteiger partial charge is 0.475 e. The average Bonchev–Trinajstić information content (AvgIpc) is 3.22. The Hall–Kier alpha value is -3.70. The largest absolute Gasteiger partial charge is 0.586 e. The Balaban J connectivity index is 0.000000271. The van der Waals surface area contributed by atoms with Crippen LogP contribution >= 0.6 is 0 Å². The van der Waals surface area contributed by atoms with Crippen molar-refractivity contribution in [1.29, 1.82) is 0 Å². The van der Waals surface area contributed by atoms with E-state index in [2.05, 4.69) is 25.1 Å². The number of amides is 1. The Labute approximate surface area is 194 Å². The normalized spacial score (nSPS) is 19.2. The molecule has 0 radical (unpaired) electrons. The van der Waals surface area contributed by atoms with E-state index in [1.807, 2.05) is 0 Å². The number of hydrogen-bond acceptors (Lipinski definition) is 7. The number of hydrogen-bond donors (Lipinski definition) is 4. The third-order valence-electron chi connectivity index (χ3n) is 4.58. The molecule has 1 aromatic carbocycles. The first-order chi connectivity index (χ1) is 16.4. The van der Waals surface area contributed by atoms with Crippen LogP contribution in [0.3, 0.4) is 0 Å². The first-order valence-corrected chi connectivity index (χ1v) is 9.49. The SMILES string of the molecule is O=C(O)C(F)(F)F.O=C(O)C(F)(F)F.O=C1NC(c2cccc3c2OC(F)(F)O3)=NC12CCNCC2. The number of ether oxygens (including phenoxy) is 2. The summed E-state index contributed by atoms with van der Waals surface area (Å²) in [5.41, 5.74) is -0.510. The topological polar surface area (TPSA) is 147 Å². The van der Waals surface area contributed by atoms with Crippen LogP contribution in [0.4, 0.5) is 35.1 Å². The highest BCUT2D eigenvalue weighted by molar-refractivity contribution is 6.16. The number of aliphatic carboxylic acids is 2. The summed E-state index contributed by atoms with van der Waals surface area (Å²) in [6, 6.07) is 4.52. The average molecular weight is 537 g/mol. The number of amidine groups is 1. The predicted molar refractivity (Wildman–Crippen MR) is 99.5 cm³/mol. The molecule has 0 aromatic heterocycles. The fourth-order valence-corrected chi connectivity index (χ4v) is 2.98. The summed E-state index contributed by atoms with van der Waals surface area (Å²) in [4.78, 5) is 34.6. The number of piperidine rings is 1. The quantitative estimate of drug-likeness (QED) is 0.399. The second-order valence-corrected chi connectivity index (χ2v) is 7.10. The summed E-state index contributed by atoms with van der Waals surface area (Å²) in [6.07, 6.45) is -12.7. The van der Waals surface area contributed by atoms with Crippen LogP contribution in [0.5, 0.6) is 11.5 Å². The lowest BCUT2D eigenvalue weighted by Crippen LogP contribution is -2.47. The van der Waals surface area contributed by atoms with Crippen LogP contribution in [-0.4, -0.2) is 71.2 Å². The molecule has 3 aliphatic rings. The summed E-state index contributed by atoms with van der Waals surface area (Å²) in [5.74, 6) is -5.62. The third-order valence-corrected chi connectivity index (χ3v) is 4.58. The number of para-hydroxylation sites is 1. The molecule has 0 aliphatic carbocycles. The van der Waals surface area contributed by atoms with Crippen molar-refractivity contribution < 1.29 is 69.2 Å². The first-order valence-electron chi connectivity index (χ1n) is 9.49. The maximum absolute atomic E-state index is 13.2. The number of rotatable bonds is 1. The molecule has 0 saturated carbocycles. The summed E-state index contributed by atoms with van der Waals surface area (Å²) >= 11 is 0. The monoisotopic (exact) mass is 537 g/mol. The van der Waals surface area contributed by atoms with Crippen LogP contribution in [0, 0.1) is 0 Å². The molecule has 18 heteroatoms. The van der Waals surface area contributed by atoms with Crippen LogP contribution in [0.25, 0.3) is 0 Å². The van der Waals surface area contributed by atoms with E-state index in [9.17, 15) is 39.9 Å². The molecule has 0 atom stereocenters. The Morgan fingerprint density at radius 3 is 1.92 bits per heavy atom. The highest BCUT2D eigenvalue weighted by Crippen LogP contribution is 2.44. The van der Waals surface area contributed by atoms with Crippen molar-refractivity contribution in [3.63, 3.8) is 0 Å². The molecule has 3 heterocycles. The van der Waals surface area contributed by atoms with E-state index >= 15 is 0 Å². The number of nitrogens with zero attached hydrogens (tertiary/aromatic N) is 1. The number of carboxylic acids is 2. The molecule has 1 spiro atoms. The molecule has 3 aliphatic heterocycles. The van der Waals surface area contributed by atoms with Gasteiger partial charge in [-0.15, -0.1) is 8.78 Å². The second-order valence-electron chi connectivity index (χ2n) is 7.10. The van der Waals surface area contributed by atoms with Crippen molar-refractivity contribution in [2.75, 3.05) is 13.1 Å². The fraction of sp³-hybridized carbons (Fsp3) is 0.444. The van der Waals surface area contributed by atoms with Gasteiger partial charge in [0, 0.05) is 0 Å². The fourth-order valence-electron chi connectivity index (χ4n) is 2.98. The number of carbonyl (C=O) groups is 3. The van der Waals surface area contributed by atoms with E-state index in [1.165, 1.54) is 6.07 Å². The van der Waals surface area contributed by atoms with E-state index in [-0.39, 0.29) is 23.2 Å². The van der Waals surface area contributed by atoms with E-state index in [1.54, 1.807) is 12.1 Å². The van der Waals surface area contributed by atoms with Gasteiger partial charge in [0.25, 0.3) is 5.91 Å². The molecule has 1 saturated heterocycles. The van der Waals surface area contributed by atoms with Gasteiger partial charge in [0.05, 0.1) is 5.56 Å². The van der Waals surface area contributed by atoms with Crippen molar-refractivity contribution in [3.05, 3.63) is 23.8 Å². The minimum atomic E-state index is -5.08. The Bertz CT molecular complexity index is 1030. The zero-order valence-corrected chi connectivity index (χ0v) is 17.5. The number of nitrogens with one attached hydrogen (secondary N) is 2. The van der Waals surface area contributed by atoms with Gasteiger partial charge >= 0.3 is 30.6 Å². The van der Waals surface area contributed by atoms with Gasteiger partial charge in [0.2, 0.25) is 0 Å².